The monoisotopic (exact) mass is 158 g/mol. The fourth-order valence-corrected chi connectivity index (χ4v) is 2.12. The molecule has 2 heteroatoms. The maximum atomic E-state index is 5.68. The SMILES string of the molecule is [B]c1cc2cccc(C)c2s1. The van der Waals surface area contributed by atoms with Crippen LogP contribution in [-0.4, -0.2) is 7.85 Å². The molecule has 0 aliphatic heterocycles. The Morgan fingerprint density at radius 3 is 2.91 bits per heavy atom. The maximum Gasteiger partial charge on any atom is 0.128 e. The summed E-state index contributed by atoms with van der Waals surface area (Å²) in [6.45, 7) is 2.11. The van der Waals surface area contributed by atoms with Gasteiger partial charge < -0.3 is 0 Å². The van der Waals surface area contributed by atoms with Gasteiger partial charge in [0.15, 0.2) is 0 Å². The quantitative estimate of drug-likeness (QED) is 0.514. The van der Waals surface area contributed by atoms with Gasteiger partial charge in [0.2, 0.25) is 0 Å². The van der Waals surface area contributed by atoms with Gasteiger partial charge in [0.05, 0.1) is 0 Å². The average molecular weight is 158 g/mol. The van der Waals surface area contributed by atoms with Gasteiger partial charge in [-0.15, -0.1) is 0 Å². The lowest BCUT2D eigenvalue weighted by Gasteiger charge is -1.91. The highest BCUT2D eigenvalue weighted by Gasteiger charge is 1.98. The summed E-state index contributed by atoms with van der Waals surface area (Å²) in [5.74, 6) is 0. The van der Waals surface area contributed by atoms with Crippen LogP contribution in [0.2, 0.25) is 0 Å². The van der Waals surface area contributed by atoms with Crippen LogP contribution in [0.25, 0.3) is 10.1 Å². The third-order valence-electron chi connectivity index (χ3n) is 1.76. The summed E-state index contributed by atoms with van der Waals surface area (Å²) >= 11 is 1.66. The summed E-state index contributed by atoms with van der Waals surface area (Å²) in [7, 11) is 5.68. The highest BCUT2D eigenvalue weighted by molar-refractivity contribution is 7.26. The van der Waals surface area contributed by atoms with Crippen molar-refractivity contribution in [3.05, 3.63) is 29.8 Å². The second-order valence-electron chi connectivity index (χ2n) is 2.64. The van der Waals surface area contributed by atoms with E-state index in [9.17, 15) is 0 Å². The van der Waals surface area contributed by atoms with Crippen LogP contribution in [0.4, 0.5) is 0 Å². The Morgan fingerprint density at radius 2 is 2.18 bits per heavy atom. The third-order valence-corrected chi connectivity index (χ3v) is 2.88. The third kappa shape index (κ3) is 1.08. The van der Waals surface area contributed by atoms with Crippen LogP contribution >= 0.6 is 11.3 Å². The van der Waals surface area contributed by atoms with E-state index in [-0.39, 0.29) is 0 Å². The first-order valence-corrected chi connectivity index (χ1v) is 4.33. The summed E-state index contributed by atoms with van der Waals surface area (Å²) in [6, 6.07) is 8.28. The molecule has 52 valence electrons. The number of hydrogen-bond acceptors (Lipinski definition) is 1. The van der Waals surface area contributed by atoms with Crippen molar-refractivity contribution in [2.45, 2.75) is 6.92 Å². The average Bonchev–Trinajstić information content (AvgIpc) is 2.31. The molecule has 0 saturated carbocycles. The van der Waals surface area contributed by atoms with Crippen molar-refractivity contribution in [1.29, 1.82) is 0 Å². The zero-order valence-electron chi connectivity index (χ0n) is 6.29. The fourth-order valence-electron chi connectivity index (χ4n) is 1.23. The molecule has 0 fully saturated rings. The van der Waals surface area contributed by atoms with E-state index < -0.39 is 0 Å². The van der Waals surface area contributed by atoms with E-state index in [1.54, 1.807) is 11.3 Å². The van der Waals surface area contributed by atoms with Gasteiger partial charge in [-0.1, -0.05) is 24.3 Å². The van der Waals surface area contributed by atoms with Crippen molar-refractivity contribution in [2.75, 3.05) is 0 Å². The predicted molar refractivity (Wildman–Crippen MR) is 52.0 cm³/mol. The van der Waals surface area contributed by atoms with Gasteiger partial charge >= 0.3 is 0 Å². The zero-order valence-corrected chi connectivity index (χ0v) is 7.11. The molecule has 11 heavy (non-hydrogen) atoms. The predicted octanol–water partition coefficient (Wildman–Crippen LogP) is 2.00. The lowest BCUT2D eigenvalue weighted by molar-refractivity contribution is 1.56. The Bertz CT molecular complexity index is 389. The van der Waals surface area contributed by atoms with Gasteiger partial charge in [-0.2, -0.15) is 11.3 Å². The molecule has 2 radical (unpaired) electrons. The topological polar surface area (TPSA) is 0 Å². The fraction of sp³-hybridized carbons (Fsp3) is 0.111. The molecular formula is C9H7BS. The molecule has 0 atom stereocenters. The minimum absolute atomic E-state index is 0.898. The summed E-state index contributed by atoms with van der Waals surface area (Å²) in [5.41, 5.74) is 1.31. The van der Waals surface area contributed by atoms with E-state index in [4.69, 9.17) is 7.85 Å². The largest absolute Gasteiger partial charge is 0.152 e. The minimum atomic E-state index is 0.898. The first kappa shape index (κ1) is 6.92. The van der Waals surface area contributed by atoms with Crippen LogP contribution in [0.1, 0.15) is 5.56 Å². The van der Waals surface area contributed by atoms with E-state index in [0.717, 1.165) is 4.78 Å². The number of rotatable bonds is 0. The second kappa shape index (κ2) is 2.38. The highest BCUT2D eigenvalue weighted by atomic mass is 32.1. The molecule has 0 unspecified atom stereocenters. The lowest BCUT2D eigenvalue weighted by Crippen LogP contribution is -1.88. The summed E-state index contributed by atoms with van der Waals surface area (Å²) in [4.78, 5) is 0. The molecule has 0 bridgehead atoms. The van der Waals surface area contributed by atoms with Gasteiger partial charge in [-0.25, -0.2) is 0 Å². The summed E-state index contributed by atoms with van der Waals surface area (Å²) in [6.07, 6.45) is 0. The Kier molecular flexibility index (Phi) is 1.50. The first-order valence-electron chi connectivity index (χ1n) is 3.52. The molecular weight excluding hydrogens is 151 g/mol. The molecule has 0 amide bonds. The molecule has 2 rings (SSSR count). The molecule has 1 heterocycles. The van der Waals surface area contributed by atoms with Crippen LogP contribution in [-0.2, 0) is 0 Å². The Labute approximate surface area is 71.3 Å². The number of hydrogen-bond donors (Lipinski definition) is 0. The number of benzene rings is 1. The molecule has 0 nitrogen and oxygen atoms in total. The van der Waals surface area contributed by atoms with Crippen LogP contribution in [0, 0.1) is 6.92 Å². The van der Waals surface area contributed by atoms with Gasteiger partial charge in [0.1, 0.15) is 7.85 Å². The van der Waals surface area contributed by atoms with Crippen molar-refractivity contribution in [2.24, 2.45) is 0 Å². The molecule has 1 aromatic heterocycles. The van der Waals surface area contributed by atoms with Crippen molar-refractivity contribution in [3.63, 3.8) is 0 Å². The molecule has 0 aliphatic carbocycles. The lowest BCUT2D eigenvalue weighted by atomic mass is 10.1. The van der Waals surface area contributed by atoms with Crippen molar-refractivity contribution in [1.82, 2.24) is 0 Å². The normalized spacial score (nSPS) is 10.6. The first-order chi connectivity index (χ1) is 5.27. The Balaban J connectivity index is 2.90. The van der Waals surface area contributed by atoms with Crippen LogP contribution < -0.4 is 4.78 Å². The maximum absolute atomic E-state index is 5.68. The van der Waals surface area contributed by atoms with Crippen LogP contribution in [0.3, 0.4) is 0 Å². The van der Waals surface area contributed by atoms with Gasteiger partial charge in [0, 0.05) is 4.70 Å². The molecule has 0 N–H and O–H groups in total. The molecule has 1 aromatic carbocycles. The smallest absolute Gasteiger partial charge is 0.128 e. The van der Waals surface area contributed by atoms with Crippen molar-refractivity contribution in [3.8, 4) is 0 Å². The van der Waals surface area contributed by atoms with Crippen LogP contribution in [0.15, 0.2) is 24.3 Å². The van der Waals surface area contributed by atoms with E-state index in [0.29, 0.717) is 0 Å². The van der Waals surface area contributed by atoms with E-state index in [2.05, 4.69) is 25.1 Å². The Hall–Kier alpha value is -0.755. The number of aryl methyl sites for hydroxylation is 1. The highest BCUT2D eigenvalue weighted by Crippen LogP contribution is 2.21. The van der Waals surface area contributed by atoms with E-state index in [1.807, 2.05) is 6.07 Å². The van der Waals surface area contributed by atoms with Crippen molar-refractivity contribution >= 4 is 34.0 Å². The zero-order chi connectivity index (χ0) is 7.84. The molecule has 0 spiro atoms. The summed E-state index contributed by atoms with van der Waals surface area (Å²) < 4.78 is 2.21. The Morgan fingerprint density at radius 1 is 1.36 bits per heavy atom. The standard InChI is InChI=1S/C9H7BS/c1-6-3-2-4-7-5-8(10)11-9(6)7/h2-5H,1H3. The van der Waals surface area contributed by atoms with Crippen molar-refractivity contribution < 1.29 is 0 Å². The van der Waals surface area contributed by atoms with E-state index >= 15 is 0 Å². The number of fused-ring (bicyclic) bond motifs is 1. The van der Waals surface area contributed by atoms with Crippen LogP contribution in [0.5, 0.6) is 0 Å². The van der Waals surface area contributed by atoms with E-state index in [1.165, 1.54) is 15.6 Å². The van der Waals surface area contributed by atoms with Gasteiger partial charge in [-0.05, 0) is 22.6 Å². The molecule has 2 aromatic rings. The molecule has 0 saturated heterocycles. The van der Waals surface area contributed by atoms with Gasteiger partial charge in [-0.3, -0.25) is 0 Å². The van der Waals surface area contributed by atoms with Gasteiger partial charge in [0.25, 0.3) is 0 Å². The second-order valence-corrected chi connectivity index (χ2v) is 3.73. The summed E-state index contributed by atoms with van der Waals surface area (Å²) in [5, 5.41) is 1.26. The minimum Gasteiger partial charge on any atom is -0.152 e. The molecule has 0 aliphatic rings. The number of thiophene rings is 1.